The molecule has 4 heterocycles. The molecule has 5 rings (SSSR count). The average Bonchev–Trinajstić information content (AvgIpc) is 2.91. The zero-order chi connectivity index (χ0) is 27.7. The van der Waals surface area contributed by atoms with Gasteiger partial charge in [-0.1, -0.05) is 11.6 Å². The summed E-state index contributed by atoms with van der Waals surface area (Å²) in [5, 5.41) is 13.7. The van der Waals surface area contributed by atoms with Crippen LogP contribution in [0.15, 0.2) is 29.2 Å². The van der Waals surface area contributed by atoms with Crippen molar-refractivity contribution in [2.75, 3.05) is 24.7 Å². The molecule has 0 radical (unpaired) electrons. The van der Waals surface area contributed by atoms with Crippen molar-refractivity contribution in [2.24, 2.45) is 0 Å². The predicted octanol–water partition coefficient (Wildman–Crippen LogP) is 4.43. The fraction of sp³-hybridized carbons (Fsp3) is 0.440. The average molecular weight is 570 g/mol. The van der Waals surface area contributed by atoms with Crippen LogP contribution in [0.4, 0.5) is 23.2 Å². The molecule has 1 aromatic carbocycles. The van der Waals surface area contributed by atoms with Gasteiger partial charge in [0.05, 0.1) is 30.7 Å². The van der Waals surface area contributed by atoms with E-state index in [9.17, 15) is 27.5 Å². The van der Waals surface area contributed by atoms with Gasteiger partial charge in [-0.25, -0.2) is 9.37 Å². The highest BCUT2D eigenvalue weighted by Crippen LogP contribution is 2.40. The molecule has 1 saturated heterocycles. The minimum atomic E-state index is -4.86. The number of benzene rings is 1. The molecule has 3 aromatic rings. The van der Waals surface area contributed by atoms with E-state index in [0.29, 0.717) is 42.6 Å². The van der Waals surface area contributed by atoms with E-state index in [-0.39, 0.29) is 42.7 Å². The molecule has 0 spiro atoms. The van der Waals surface area contributed by atoms with Crippen molar-refractivity contribution in [1.29, 1.82) is 0 Å². The molecule has 0 saturated carbocycles. The third-order valence-electron chi connectivity index (χ3n) is 6.56. The van der Waals surface area contributed by atoms with Crippen molar-refractivity contribution >= 4 is 17.3 Å². The van der Waals surface area contributed by atoms with Crippen LogP contribution in [-0.4, -0.2) is 44.6 Å². The highest BCUT2D eigenvalue weighted by atomic mass is 35.5. The lowest BCUT2D eigenvalue weighted by Crippen LogP contribution is -2.36. The van der Waals surface area contributed by atoms with Crippen molar-refractivity contribution in [3.8, 4) is 11.6 Å². The van der Waals surface area contributed by atoms with Crippen molar-refractivity contribution < 1.29 is 32.1 Å². The smallest absolute Gasteiger partial charge is 0.420 e. The SMILES string of the molecule is O=c1c(Cl)c(N2CCc3c(nc(CCO)nc3Oc3ccc(F)cc3C(F)(F)F)C2)cnn1C1CCCCO1. The minimum absolute atomic E-state index is 0.0267. The Morgan fingerprint density at radius 1 is 1.23 bits per heavy atom. The molecule has 14 heteroatoms. The summed E-state index contributed by atoms with van der Waals surface area (Å²) in [6.07, 6.45) is -1.12. The number of nitrogens with zero attached hydrogens (tertiary/aromatic N) is 5. The maximum atomic E-state index is 13.6. The van der Waals surface area contributed by atoms with Gasteiger partial charge >= 0.3 is 6.18 Å². The first kappa shape index (κ1) is 27.3. The number of hydrogen-bond donors (Lipinski definition) is 1. The number of alkyl halides is 3. The number of hydrogen-bond acceptors (Lipinski definition) is 8. The quantitative estimate of drug-likeness (QED) is 0.435. The third kappa shape index (κ3) is 5.70. The lowest BCUT2D eigenvalue weighted by molar-refractivity contribution is -0.138. The van der Waals surface area contributed by atoms with E-state index in [1.807, 2.05) is 0 Å². The van der Waals surface area contributed by atoms with Crippen LogP contribution in [-0.2, 0) is 30.3 Å². The van der Waals surface area contributed by atoms with Gasteiger partial charge in [0.15, 0.2) is 6.23 Å². The van der Waals surface area contributed by atoms with E-state index >= 15 is 0 Å². The van der Waals surface area contributed by atoms with Gasteiger partial charge in [0.25, 0.3) is 5.56 Å². The first-order chi connectivity index (χ1) is 18.7. The maximum Gasteiger partial charge on any atom is 0.420 e. The Bertz CT molecular complexity index is 1430. The number of aromatic nitrogens is 4. The Kier molecular flexibility index (Phi) is 7.74. The summed E-state index contributed by atoms with van der Waals surface area (Å²) in [5.74, 6) is -1.63. The van der Waals surface area contributed by atoms with Crippen LogP contribution < -0.4 is 15.2 Å². The standard InChI is InChI=1S/C25H24ClF4N5O4/c26-22-18(12-31-35(24(22)37)21-3-1-2-10-38-21)34-8-6-15-17(13-34)32-20(7-9-36)33-23(15)39-19-5-4-14(27)11-16(19)25(28,29)30/h4-5,11-12,21,36H,1-3,6-10,13H2. The van der Waals surface area contributed by atoms with Crippen molar-refractivity contribution in [3.63, 3.8) is 0 Å². The van der Waals surface area contributed by atoms with Crippen LogP contribution in [0.25, 0.3) is 0 Å². The zero-order valence-corrected chi connectivity index (χ0v) is 21.3. The molecule has 1 N–H and O–H groups in total. The van der Waals surface area contributed by atoms with Crippen molar-refractivity contribution in [3.05, 3.63) is 68.2 Å². The Morgan fingerprint density at radius 3 is 2.77 bits per heavy atom. The molecular formula is C25H24ClF4N5O4. The van der Waals surface area contributed by atoms with Crippen LogP contribution in [0.5, 0.6) is 11.6 Å². The summed E-state index contributed by atoms with van der Waals surface area (Å²) in [6, 6.07) is 2.11. The molecular weight excluding hydrogens is 546 g/mol. The van der Waals surface area contributed by atoms with Crippen molar-refractivity contribution in [2.45, 2.75) is 51.1 Å². The Balaban J connectivity index is 1.47. The van der Waals surface area contributed by atoms with Gasteiger partial charge in [0.1, 0.15) is 28.0 Å². The van der Waals surface area contributed by atoms with Crippen LogP contribution in [0.3, 0.4) is 0 Å². The Labute approximate surface area is 225 Å². The van der Waals surface area contributed by atoms with E-state index in [1.54, 1.807) is 4.90 Å². The summed E-state index contributed by atoms with van der Waals surface area (Å²) in [5.41, 5.74) is -0.506. The van der Waals surface area contributed by atoms with E-state index < -0.39 is 35.1 Å². The lowest BCUT2D eigenvalue weighted by atomic mass is 10.1. The van der Waals surface area contributed by atoms with E-state index in [0.717, 1.165) is 25.0 Å². The summed E-state index contributed by atoms with van der Waals surface area (Å²) in [7, 11) is 0. The number of anilines is 1. The molecule has 0 amide bonds. The Morgan fingerprint density at radius 2 is 2.05 bits per heavy atom. The second-order valence-corrected chi connectivity index (χ2v) is 9.55. The first-order valence-electron chi connectivity index (χ1n) is 12.3. The van der Waals surface area contributed by atoms with E-state index in [1.165, 1.54) is 10.9 Å². The van der Waals surface area contributed by atoms with Gasteiger partial charge < -0.3 is 19.5 Å². The molecule has 2 aliphatic rings. The molecule has 1 unspecified atom stereocenters. The number of aliphatic hydroxyl groups excluding tert-OH is 1. The molecule has 0 aliphatic carbocycles. The lowest BCUT2D eigenvalue weighted by Gasteiger charge is -2.31. The monoisotopic (exact) mass is 569 g/mol. The summed E-state index contributed by atoms with van der Waals surface area (Å²) in [6.45, 7) is 0.673. The van der Waals surface area contributed by atoms with E-state index in [4.69, 9.17) is 21.1 Å². The Hall–Kier alpha value is -3.29. The van der Waals surface area contributed by atoms with Gasteiger partial charge in [0, 0.05) is 25.1 Å². The highest BCUT2D eigenvalue weighted by molar-refractivity contribution is 6.33. The predicted molar refractivity (Wildman–Crippen MR) is 131 cm³/mol. The molecule has 9 nitrogen and oxygen atoms in total. The minimum Gasteiger partial charge on any atom is -0.438 e. The third-order valence-corrected chi connectivity index (χ3v) is 6.91. The molecule has 0 bridgehead atoms. The van der Waals surface area contributed by atoms with Gasteiger partial charge in [-0.3, -0.25) is 4.79 Å². The number of rotatable bonds is 6. The molecule has 39 heavy (non-hydrogen) atoms. The maximum absolute atomic E-state index is 13.6. The topological polar surface area (TPSA) is 103 Å². The molecule has 1 atom stereocenters. The van der Waals surface area contributed by atoms with Crippen LogP contribution in [0.1, 0.15) is 48.1 Å². The summed E-state index contributed by atoms with van der Waals surface area (Å²) in [4.78, 5) is 23.5. The fourth-order valence-electron chi connectivity index (χ4n) is 4.64. The molecule has 208 valence electrons. The highest BCUT2D eigenvalue weighted by Gasteiger charge is 2.36. The number of fused-ring (bicyclic) bond motifs is 1. The normalized spacial score (nSPS) is 17.7. The van der Waals surface area contributed by atoms with Gasteiger partial charge in [-0.2, -0.15) is 27.9 Å². The largest absolute Gasteiger partial charge is 0.438 e. The van der Waals surface area contributed by atoms with Gasteiger partial charge in [-0.05, 0) is 43.9 Å². The van der Waals surface area contributed by atoms with E-state index in [2.05, 4.69) is 15.1 Å². The first-order valence-corrected chi connectivity index (χ1v) is 12.7. The van der Waals surface area contributed by atoms with Crippen LogP contribution in [0, 0.1) is 5.82 Å². The second-order valence-electron chi connectivity index (χ2n) is 9.17. The van der Waals surface area contributed by atoms with Crippen molar-refractivity contribution in [1.82, 2.24) is 19.7 Å². The van der Waals surface area contributed by atoms with Gasteiger partial charge in [-0.15, -0.1) is 0 Å². The van der Waals surface area contributed by atoms with Crippen LogP contribution in [0.2, 0.25) is 5.02 Å². The zero-order valence-electron chi connectivity index (χ0n) is 20.5. The second kappa shape index (κ2) is 11.1. The van der Waals surface area contributed by atoms with Gasteiger partial charge in [0.2, 0.25) is 5.88 Å². The van der Waals surface area contributed by atoms with Crippen LogP contribution >= 0.6 is 11.6 Å². The molecule has 1 fully saturated rings. The molecule has 2 aliphatic heterocycles. The molecule has 2 aromatic heterocycles. The number of aliphatic hydroxyl groups is 1. The summed E-state index contributed by atoms with van der Waals surface area (Å²) >= 11 is 6.47. The fourth-order valence-corrected chi connectivity index (χ4v) is 4.90. The number of halogens is 5. The number of ether oxygens (including phenoxy) is 2. The summed E-state index contributed by atoms with van der Waals surface area (Å²) < 4.78 is 66.7.